The molecule has 0 radical (unpaired) electrons. The van der Waals surface area contributed by atoms with Crippen LogP contribution < -0.4 is 10.6 Å². The van der Waals surface area contributed by atoms with E-state index in [9.17, 15) is 9.59 Å². The average Bonchev–Trinajstić information content (AvgIpc) is 3.21. The lowest BCUT2D eigenvalue weighted by Crippen LogP contribution is -2.58. The smallest absolute Gasteiger partial charge is 0.324 e. The molecule has 3 amide bonds. The fourth-order valence-electron chi connectivity index (χ4n) is 6.20. The third kappa shape index (κ3) is 4.80. The normalized spacial score (nSPS) is 30.0. The summed E-state index contributed by atoms with van der Waals surface area (Å²) < 4.78 is 0. The van der Waals surface area contributed by atoms with Gasteiger partial charge < -0.3 is 15.5 Å². The Labute approximate surface area is 198 Å². The van der Waals surface area contributed by atoms with E-state index in [0.717, 1.165) is 32.4 Å². The van der Waals surface area contributed by atoms with Gasteiger partial charge in [-0.15, -0.1) is 6.58 Å². The number of likely N-dealkylation sites (tertiary alicyclic amines) is 1. The summed E-state index contributed by atoms with van der Waals surface area (Å²) in [6, 6.07) is 0.130. The monoisotopic (exact) mass is 453 g/mol. The van der Waals surface area contributed by atoms with E-state index in [0.29, 0.717) is 43.4 Å². The van der Waals surface area contributed by atoms with Crippen LogP contribution in [0.15, 0.2) is 48.4 Å². The Hall–Kier alpha value is -2.38. The maximum absolute atomic E-state index is 13.8. The lowest BCUT2D eigenvalue weighted by molar-refractivity contribution is -0.137. The maximum atomic E-state index is 13.8. The molecule has 0 aromatic carbocycles. The van der Waals surface area contributed by atoms with Crippen LogP contribution in [-0.2, 0) is 4.79 Å². The zero-order chi connectivity index (χ0) is 23.5. The minimum atomic E-state index is -0.268. The van der Waals surface area contributed by atoms with Crippen molar-refractivity contribution < 1.29 is 9.59 Å². The molecule has 2 N–H and O–H groups in total. The standard InChI is InChI=1S/C26H39N5O2/c1-5-11-30-17-19(25(32)31(26(33)27-6-2)13-8-12-29(3)4)14-21-20-9-7-10-22-24(20)18(16-28-22)15-23(21)30/h5,7,9-10,16,19-21,23-24,28H,1,6,8,11-15,17H2,2-4H3,(H,27,33)/t19-,20?,21-,23-,24?/m1/s1. The Bertz CT molecular complexity index is 861. The Morgan fingerprint density at radius 3 is 2.88 bits per heavy atom. The number of nitrogens with zero attached hydrogens (tertiary/aromatic N) is 3. The Morgan fingerprint density at radius 1 is 1.33 bits per heavy atom. The molecule has 1 saturated heterocycles. The molecule has 5 atom stereocenters. The van der Waals surface area contributed by atoms with Crippen molar-refractivity contribution >= 4 is 11.9 Å². The van der Waals surface area contributed by atoms with Crippen LogP contribution in [0.5, 0.6) is 0 Å². The highest BCUT2D eigenvalue weighted by Crippen LogP contribution is 2.51. The minimum absolute atomic E-state index is 0.0336. The highest BCUT2D eigenvalue weighted by atomic mass is 16.2. The van der Waals surface area contributed by atoms with E-state index in [1.807, 2.05) is 27.1 Å². The molecule has 0 aromatic heterocycles. The predicted octanol–water partition coefficient (Wildman–Crippen LogP) is 2.57. The number of allylic oxidation sites excluding steroid dienone is 4. The topological polar surface area (TPSA) is 67.9 Å². The lowest BCUT2D eigenvalue weighted by atomic mass is 9.61. The molecular formula is C26H39N5O2. The van der Waals surface area contributed by atoms with Gasteiger partial charge in [0.15, 0.2) is 0 Å². The molecule has 0 bridgehead atoms. The molecule has 4 rings (SSSR count). The van der Waals surface area contributed by atoms with Gasteiger partial charge in [0.05, 0.1) is 5.92 Å². The van der Waals surface area contributed by atoms with Crippen LogP contribution in [0, 0.1) is 23.7 Å². The molecule has 7 heteroatoms. The van der Waals surface area contributed by atoms with Crippen molar-refractivity contribution in [3.8, 4) is 0 Å². The number of carbonyl (C=O) groups excluding carboxylic acids is 2. The van der Waals surface area contributed by atoms with E-state index in [2.05, 4.69) is 51.4 Å². The van der Waals surface area contributed by atoms with Crippen molar-refractivity contribution in [2.45, 2.75) is 32.2 Å². The number of fused-ring (bicyclic) bond motifs is 2. The third-order valence-corrected chi connectivity index (χ3v) is 7.61. The van der Waals surface area contributed by atoms with Gasteiger partial charge in [-0.05, 0) is 70.3 Å². The van der Waals surface area contributed by atoms with Crippen LogP contribution in [0.4, 0.5) is 4.79 Å². The van der Waals surface area contributed by atoms with E-state index < -0.39 is 0 Å². The molecule has 4 aliphatic rings. The number of rotatable bonds is 8. The van der Waals surface area contributed by atoms with Crippen LogP contribution in [0.2, 0.25) is 0 Å². The molecule has 2 heterocycles. The number of carbonyl (C=O) groups is 2. The third-order valence-electron chi connectivity index (χ3n) is 7.61. The molecule has 0 spiro atoms. The van der Waals surface area contributed by atoms with Gasteiger partial charge in [-0.3, -0.25) is 14.6 Å². The Morgan fingerprint density at radius 2 is 2.15 bits per heavy atom. The number of amides is 3. The summed E-state index contributed by atoms with van der Waals surface area (Å²) >= 11 is 0. The highest BCUT2D eigenvalue weighted by molar-refractivity contribution is 5.95. The molecule has 1 saturated carbocycles. The Balaban J connectivity index is 1.56. The SMILES string of the molecule is C=CCN1C[C@H](C(=O)N(CCCN(C)C)C(=O)NCC)C[C@@H]2C3C=CC=C4NC=C(C[C@H]21)C43. The van der Waals surface area contributed by atoms with Gasteiger partial charge in [-0.2, -0.15) is 0 Å². The van der Waals surface area contributed by atoms with E-state index in [4.69, 9.17) is 0 Å². The zero-order valence-corrected chi connectivity index (χ0v) is 20.3. The Kier molecular flexibility index (Phi) is 7.39. The minimum Gasteiger partial charge on any atom is -0.365 e. The van der Waals surface area contributed by atoms with E-state index in [-0.39, 0.29) is 17.9 Å². The number of hydrogen-bond donors (Lipinski definition) is 2. The van der Waals surface area contributed by atoms with Gasteiger partial charge in [0, 0.05) is 50.0 Å². The molecule has 33 heavy (non-hydrogen) atoms. The highest BCUT2D eigenvalue weighted by Gasteiger charge is 2.50. The summed E-state index contributed by atoms with van der Waals surface area (Å²) in [5, 5.41) is 6.33. The van der Waals surface area contributed by atoms with Gasteiger partial charge in [-0.25, -0.2) is 4.79 Å². The van der Waals surface area contributed by atoms with Gasteiger partial charge in [0.25, 0.3) is 0 Å². The van der Waals surface area contributed by atoms with Gasteiger partial charge >= 0.3 is 6.03 Å². The fourth-order valence-corrected chi connectivity index (χ4v) is 6.20. The second-order valence-corrected chi connectivity index (χ2v) is 10.0. The van der Waals surface area contributed by atoms with Crippen LogP contribution in [0.25, 0.3) is 0 Å². The molecule has 2 aliphatic heterocycles. The number of hydrogen-bond acceptors (Lipinski definition) is 5. The van der Waals surface area contributed by atoms with Crippen LogP contribution >= 0.6 is 0 Å². The summed E-state index contributed by atoms with van der Waals surface area (Å²) in [4.78, 5) is 32.6. The number of piperidine rings is 1. The molecule has 2 unspecified atom stereocenters. The first-order valence-corrected chi connectivity index (χ1v) is 12.4. The second kappa shape index (κ2) is 10.3. The zero-order valence-electron chi connectivity index (χ0n) is 20.3. The number of imide groups is 1. The molecule has 2 aliphatic carbocycles. The first-order chi connectivity index (χ1) is 15.9. The fraction of sp³-hybridized carbons (Fsp3) is 0.615. The first-order valence-electron chi connectivity index (χ1n) is 12.4. The largest absolute Gasteiger partial charge is 0.365 e. The van der Waals surface area contributed by atoms with E-state index >= 15 is 0 Å². The molecule has 0 aromatic rings. The van der Waals surface area contributed by atoms with Crippen molar-refractivity contribution in [2.75, 3.05) is 46.8 Å². The second-order valence-electron chi connectivity index (χ2n) is 10.0. The summed E-state index contributed by atoms with van der Waals surface area (Å²) in [5.74, 6) is 0.965. The van der Waals surface area contributed by atoms with E-state index in [1.165, 1.54) is 16.2 Å². The van der Waals surface area contributed by atoms with Crippen LogP contribution in [-0.4, -0.2) is 79.5 Å². The maximum Gasteiger partial charge on any atom is 0.324 e. The molecule has 180 valence electrons. The van der Waals surface area contributed by atoms with Crippen molar-refractivity contribution in [3.63, 3.8) is 0 Å². The lowest BCUT2D eigenvalue weighted by Gasteiger charge is -2.52. The van der Waals surface area contributed by atoms with E-state index in [1.54, 1.807) is 0 Å². The number of urea groups is 1. The number of nitrogens with one attached hydrogen (secondary N) is 2. The van der Waals surface area contributed by atoms with Crippen molar-refractivity contribution in [3.05, 3.63) is 48.4 Å². The average molecular weight is 454 g/mol. The quantitative estimate of drug-likeness (QED) is 0.553. The molecule has 2 fully saturated rings. The van der Waals surface area contributed by atoms with Crippen molar-refractivity contribution in [2.24, 2.45) is 23.7 Å². The summed E-state index contributed by atoms with van der Waals surface area (Å²) in [6.07, 6.45) is 13.4. The summed E-state index contributed by atoms with van der Waals surface area (Å²) in [5.41, 5.74) is 2.76. The summed E-state index contributed by atoms with van der Waals surface area (Å²) in [6.45, 7) is 9.11. The van der Waals surface area contributed by atoms with Gasteiger partial charge in [0.1, 0.15) is 0 Å². The van der Waals surface area contributed by atoms with Crippen molar-refractivity contribution in [1.82, 2.24) is 25.3 Å². The van der Waals surface area contributed by atoms with Gasteiger partial charge in [-0.1, -0.05) is 18.2 Å². The van der Waals surface area contributed by atoms with Crippen molar-refractivity contribution in [1.29, 1.82) is 0 Å². The molecule has 7 nitrogen and oxygen atoms in total. The molecular weight excluding hydrogens is 414 g/mol. The predicted molar refractivity (Wildman–Crippen MR) is 131 cm³/mol. The summed E-state index contributed by atoms with van der Waals surface area (Å²) in [7, 11) is 4.02. The first kappa shape index (κ1) is 23.8. The van der Waals surface area contributed by atoms with Crippen LogP contribution in [0.1, 0.15) is 26.2 Å². The van der Waals surface area contributed by atoms with Gasteiger partial charge in [0.2, 0.25) is 5.91 Å². The van der Waals surface area contributed by atoms with Crippen LogP contribution in [0.3, 0.4) is 0 Å².